The molecular formula is C14H17N3O2. The number of aromatic nitrogens is 2. The fraction of sp³-hybridized carbons (Fsp3) is 0.286. The Bertz CT molecular complexity index is 556. The van der Waals surface area contributed by atoms with Gasteiger partial charge in [-0.1, -0.05) is 30.3 Å². The second kappa shape index (κ2) is 5.14. The third kappa shape index (κ3) is 3.84. The first-order valence-corrected chi connectivity index (χ1v) is 6.04. The van der Waals surface area contributed by atoms with Crippen molar-refractivity contribution in [3.63, 3.8) is 0 Å². The number of ether oxygens (including phenoxy) is 1. The van der Waals surface area contributed by atoms with Crippen LogP contribution in [0, 0.1) is 0 Å². The molecule has 19 heavy (non-hydrogen) atoms. The van der Waals surface area contributed by atoms with Gasteiger partial charge in [-0.3, -0.25) is 5.32 Å². The lowest BCUT2D eigenvalue weighted by Crippen LogP contribution is -2.27. The van der Waals surface area contributed by atoms with Crippen LogP contribution in [0.1, 0.15) is 20.8 Å². The molecule has 0 unspecified atom stereocenters. The Morgan fingerprint density at radius 3 is 2.58 bits per heavy atom. The molecule has 0 bridgehead atoms. The van der Waals surface area contributed by atoms with Crippen molar-refractivity contribution in [1.29, 1.82) is 0 Å². The quantitative estimate of drug-likeness (QED) is 0.868. The smallest absolute Gasteiger partial charge is 0.413 e. The van der Waals surface area contributed by atoms with Crippen molar-refractivity contribution in [2.45, 2.75) is 26.4 Å². The molecule has 100 valence electrons. The molecule has 0 spiro atoms. The molecule has 2 aromatic rings. The van der Waals surface area contributed by atoms with Crippen molar-refractivity contribution >= 4 is 11.9 Å². The average molecular weight is 259 g/mol. The fourth-order valence-electron chi connectivity index (χ4n) is 1.54. The molecule has 1 heterocycles. The predicted molar refractivity (Wildman–Crippen MR) is 73.9 cm³/mol. The van der Waals surface area contributed by atoms with Crippen LogP contribution in [-0.2, 0) is 4.74 Å². The first-order valence-electron chi connectivity index (χ1n) is 6.04. The van der Waals surface area contributed by atoms with Gasteiger partial charge < -0.3 is 9.72 Å². The number of benzene rings is 1. The Balaban J connectivity index is 2.04. The number of carbonyl (C=O) groups is 1. The summed E-state index contributed by atoms with van der Waals surface area (Å²) in [5, 5.41) is 2.61. The van der Waals surface area contributed by atoms with Gasteiger partial charge in [-0.05, 0) is 20.8 Å². The first-order chi connectivity index (χ1) is 8.94. The number of amides is 1. The Morgan fingerprint density at radius 1 is 1.26 bits per heavy atom. The number of nitrogens with one attached hydrogen (secondary N) is 2. The second-order valence-corrected chi connectivity index (χ2v) is 5.14. The molecular weight excluding hydrogens is 242 g/mol. The minimum Gasteiger partial charge on any atom is -0.444 e. The number of imidazole rings is 1. The Morgan fingerprint density at radius 2 is 1.95 bits per heavy atom. The molecule has 1 aromatic heterocycles. The molecule has 2 N–H and O–H groups in total. The van der Waals surface area contributed by atoms with Crippen molar-refractivity contribution < 1.29 is 9.53 Å². The van der Waals surface area contributed by atoms with Crippen LogP contribution in [0.15, 0.2) is 36.5 Å². The highest BCUT2D eigenvalue weighted by Gasteiger charge is 2.16. The van der Waals surface area contributed by atoms with E-state index < -0.39 is 11.7 Å². The number of nitrogens with zero attached hydrogens (tertiary/aromatic N) is 1. The minimum absolute atomic E-state index is 0.504. The second-order valence-electron chi connectivity index (χ2n) is 5.14. The maximum atomic E-state index is 11.6. The largest absolute Gasteiger partial charge is 0.444 e. The molecule has 1 aromatic carbocycles. The Labute approximate surface area is 112 Å². The number of carbonyl (C=O) groups excluding carboxylic acids is 1. The molecule has 1 amide bonds. The minimum atomic E-state index is -0.521. The van der Waals surface area contributed by atoms with Crippen molar-refractivity contribution in [2.75, 3.05) is 5.32 Å². The molecule has 0 saturated heterocycles. The van der Waals surface area contributed by atoms with E-state index in [1.54, 1.807) is 6.20 Å². The van der Waals surface area contributed by atoms with Crippen molar-refractivity contribution in [3.8, 4) is 11.4 Å². The Kier molecular flexibility index (Phi) is 3.55. The summed E-state index contributed by atoms with van der Waals surface area (Å²) in [6.07, 6.45) is 1.06. The zero-order valence-corrected chi connectivity index (χ0v) is 11.2. The lowest BCUT2D eigenvalue weighted by Gasteiger charge is -2.19. The van der Waals surface area contributed by atoms with Gasteiger partial charge in [0.05, 0.1) is 6.20 Å². The number of hydrogen-bond donors (Lipinski definition) is 2. The van der Waals surface area contributed by atoms with E-state index in [0.29, 0.717) is 11.6 Å². The number of aromatic amines is 1. The summed E-state index contributed by atoms with van der Waals surface area (Å²) in [5.41, 5.74) is 0.437. The topological polar surface area (TPSA) is 67.0 Å². The van der Waals surface area contributed by atoms with E-state index >= 15 is 0 Å². The van der Waals surface area contributed by atoms with Crippen molar-refractivity contribution in [1.82, 2.24) is 9.97 Å². The van der Waals surface area contributed by atoms with Gasteiger partial charge in [-0.2, -0.15) is 0 Å². The van der Waals surface area contributed by atoms with Gasteiger partial charge in [0.1, 0.15) is 17.2 Å². The van der Waals surface area contributed by atoms with Crippen LogP contribution in [0.2, 0.25) is 0 Å². The zero-order chi connectivity index (χ0) is 13.9. The fourth-order valence-corrected chi connectivity index (χ4v) is 1.54. The lowest BCUT2D eigenvalue weighted by molar-refractivity contribution is 0.0635. The molecule has 0 aliphatic carbocycles. The molecule has 0 aliphatic rings. The van der Waals surface area contributed by atoms with E-state index in [2.05, 4.69) is 15.3 Å². The first kappa shape index (κ1) is 13.1. The van der Waals surface area contributed by atoms with Crippen LogP contribution in [0.5, 0.6) is 0 Å². The highest BCUT2D eigenvalue weighted by molar-refractivity contribution is 5.83. The lowest BCUT2D eigenvalue weighted by atomic mass is 10.2. The molecule has 0 aliphatic heterocycles. The maximum absolute atomic E-state index is 11.6. The molecule has 2 rings (SSSR count). The SMILES string of the molecule is CC(C)(C)OC(=O)Nc1cnc(-c2ccccc2)[nH]1. The Hall–Kier alpha value is -2.30. The molecule has 5 heteroatoms. The zero-order valence-electron chi connectivity index (χ0n) is 11.2. The van der Waals surface area contributed by atoms with Crippen LogP contribution < -0.4 is 5.32 Å². The summed E-state index contributed by atoms with van der Waals surface area (Å²) < 4.78 is 5.16. The molecule has 0 fully saturated rings. The van der Waals surface area contributed by atoms with E-state index in [1.165, 1.54) is 0 Å². The van der Waals surface area contributed by atoms with Crippen LogP contribution in [0.25, 0.3) is 11.4 Å². The van der Waals surface area contributed by atoms with Gasteiger partial charge in [0.25, 0.3) is 0 Å². The van der Waals surface area contributed by atoms with E-state index in [9.17, 15) is 4.79 Å². The van der Waals surface area contributed by atoms with E-state index in [0.717, 1.165) is 5.56 Å². The van der Waals surface area contributed by atoms with Gasteiger partial charge in [0, 0.05) is 5.56 Å². The van der Waals surface area contributed by atoms with Gasteiger partial charge in [0.15, 0.2) is 0 Å². The van der Waals surface area contributed by atoms with Crippen molar-refractivity contribution in [3.05, 3.63) is 36.5 Å². The highest BCUT2D eigenvalue weighted by Crippen LogP contribution is 2.17. The van der Waals surface area contributed by atoms with Crippen molar-refractivity contribution in [2.24, 2.45) is 0 Å². The summed E-state index contributed by atoms with van der Waals surface area (Å²) in [7, 11) is 0. The maximum Gasteiger partial charge on any atom is 0.413 e. The normalized spacial score (nSPS) is 11.1. The number of H-pyrrole nitrogens is 1. The van der Waals surface area contributed by atoms with Gasteiger partial charge in [-0.15, -0.1) is 0 Å². The summed E-state index contributed by atoms with van der Waals surface area (Å²) >= 11 is 0. The standard InChI is InChI=1S/C14H17N3O2/c1-14(2,3)19-13(18)17-11-9-15-12(16-11)10-7-5-4-6-8-10/h4-9H,1-3H3,(H,15,16)(H,17,18). The summed E-state index contributed by atoms with van der Waals surface area (Å²) in [6.45, 7) is 5.44. The molecule has 0 atom stereocenters. The third-order valence-corrected chi connectivity index (χ3v) is 2.26. The number of anilines is 1. The number of rotatable bonds is 2. The molecule has 0 saturated carbocycles. The molecule has 0 radical (unpaired) electrons. The average Bonchev–Trinajstić information content (AvgIpc) is 2.76. The summed E-state index contributed by atoms with van der Waals surface area (Å²) in [6, 6.07) is 9.68. The number of hydrogen-bond acceptors (Lipinski definition) is 3. The van der Waals surface area contributed by atoms with E-state index in [1.807, 2.05) is 51.1 Å². The third-order valence-electron chi connectivity index (χ3n) is 2.26. The highest BCUT2D eigenvalue weighted by atomic mass is 16.6. The van der Waals surface area contributed by atoms with Gasteiger partial charge >= 0.3 is 6.09 Å². The van der Waals surface area contributed by atoms with Crippen LogP contribution in [0.4, 0.5) is 10.6 Å². The summed E-state index contributed by atoms with van der Waals surface area (Å²) in [5.74, 6) is 1.21. The predicted octanol–water partition coefficient (Wildman–Crippen LogP) is 3.42. The van der Waals surface area contributed by atoms with Gasteiger partial charge in [-0.25, -0.2) is 9.78 Å². The van der Waals surface area contributed by atoms with E-state index in [-0.39, 0.29) is 0 Å². The molecule has 5 nitrogen and oxygen atoms in total. The monoisotopic (exact) mass is 259 g/mol. The van der Waals surface area contributed by atoms with Crippen LogP contribution >= 0.6 is 0 Å². The van der Waals surface area contributed by atoms with Gasteiger partial charge in [0.2, 0.25) is 0 Å². The summed E-state index contributed by atoms with van der Waals surface area (Å²) in [4.78, 5) is 18.8. The van der Waals surface area contributed by atoms with E-state index in [4.69, 9.17) is 4.74 Å². The van der Waals surface area contributed by atoms with Crippen LogP contribution in [0.3, 0.4) is 0 Å². The van der Waals surface area contributed by atoms with Crippen LogP contribution in [-0.4, -0.2) is 21.7 Å².